The van der Waals surface area contributed by atoms with E-state index in [4.69, 9.17) is 18.5 Å². The summed E-state index contributed by atoms with van der Waals surface area (Å²) in [5.41, 5.74) is 0. The molecule has 0 aliphatic rings. The molecule has 0 fully saturated rings. The van der Waals surface area contributed by atoms with Crippen LogP contribution in [0.15, 0.2) is 12.2 Å². The Morgan fingerprint density at radius 3 is 1.16 bits per heavy atom. The van der Waals surface area contributed by atoms with Crippen LogP contribution in [0.2, 0.25) is 0 Å². The number of unbranched alkanes of at least 4 members (excludes halogenated alkanes) is 21. The highest BCUT2D eigenvalue weighted by atomic mass is 31.2. The van der Waals surface area contributed by atoms with Crippen molar-refractivity contribution in [1.82, 2.24) is 0 Å². The van der Waals surface area contributed by atoms with Crippen molar-refractivity contribution in [2.45, 2.75) is 193 Å². The molecule has 49 heavy (non-hydrogen) atoms. The number of esters is 2. The first-order valence-electron chi connectivity index (χ1n) is 19.6. The molecule has 3 unspecified atom stereocenters. The van der Waals surface area contributed by atoms with E-state index in [1.807, 2.05) is 0 Å². The highest BCUT2D eigenvalue weighted by molar-refractivity contribution is 7.47. The molecule has 3 atom stereocenters. The van der Waals surface area contributed by atoms with E-state index in [-0.39, 0.29) is 12.8 Å². The molecule has 0 aliphatic carbocycles. The number of phosphoric acid groups is 1. The topological polar surface area (TPSA) is 149 Å². The molecule has 3 N–H and O–H groups in total. The number of phosphoric ester groups is 1. The molecule has 0 radical (unpaired) electrons. The second kappa shape index (κ2) is 35.1. The monoisotopic (exact) mass is 720 g/mol. The molecule has 0 aromatic carbocycles. The van der Waals surface area contributed by atoms with Gasteiger partial charge in [-0.25, -0.2) is 4.57 Å². The van der Waals surface area contributed by atoms with E-state index >= 15 is 0 Å². The van der Waals surface area contributed by atoms with Gasteiger partial charge in [0.1, 0.15) is 12.2 Å². The van der Waals surface area contributed by atoms with Gasteiger partial charge in [0.2, 0.25) is 0 Å². The third kappa shape index (κ3) is 33.6. The number of hydrogen-bond acceptors (Lipinski definition) is 9. The fraction of sp³-hybridized carbons (Fsp3) is 0.895. The fourth-order valence-electron chi connectivity index (χ4n) is 5.40. The highest BCUT2D eigenvalue weighted by Crippen LogP contribution is 2.43. The minimum Gasteiger partial charge on any atom is -0.457 e. The maximum Gasteiger partial charge on any atom is 0.472 e. The lowest BCUT2D eigenvalue weighted by Gasteiger charge is -2.20. The second-order valence-corrected chi connectivity index (χ2v) is 14.7. The summed E-state index contributed by atoms with van der Waals surface area (Å²) < 4.78 is 32.4. The van der Waals surface area contributed by atoms with Gasteiger partial charge in [0.15, 0.2) is 0 Å². The standard InChI is InChI=1S/C38H73O10P/c1-3-5-7-9-11-13-15-17-18-20-22-24-26-28-30-38(42)48-36(32-40)34-46-49(43,44)45-33-35(31-39)47-37(41)29-27-25-23-21-19-16-14-12-10-8-6-4-2/h15,17,35-36,39-40H,3-14,16,18-34H2,1-2H3,(H,43,44)/b17-15-. The number of aliphatic hydroxyl groups excluding tert-OH is 2. The maximum absolute atomic E-state index is 12.3. The molecule has 0 spiro atoms. The summed E-state index contributed by atoms with van der Waals surface area (Å²) in [4.78, 5) is 34.3. The van der Waals surface area contributed by atoms with Crippen molar-refractivity contribution in [3.63, 3.8) is 0 Å². The van der Waals surface area contributed by atoms with Gasteiger partial charge in [0.25, 0.3) is 0 Å². The molecule has 0 amide bonds. The van der Waals surface area contributed by atoms with Crippen LogP contribution in [0.1, 0.15) is 181 Å². The smallest absolute Gasteiger partial charge is 0.457 e. The molecule has 0 bridgehead atoms. The van der Waals surface area contributed by atoms with Gasteiger partial charge in [-0.15, -0.1) is 0 Å². The van der Waals surface area contributed by atoms with E-state index in [0.29, 0.717) is 12.8 Å². The summed E-state index contributed by atoms with van der Waals surface area (Å²) in [6.45, 7) is 2.18. The lowest BCUT2D eigenvalue weighted by molar-refractivity contribution is -0.153. The minimum atomic E-state index is -4.63. The average molecular weight is 721 g/mol. The number of ether oxygens (including phenoxy) is 2. The van der Waals surface area contributed by atoms with Gasteiger partial charge in [-0.2, -0.15) is 0 Å². The number of allylic oxidation sites excluding steroid dienone is 2. The van der Waals surface area contributed by atoms with Crippen LogP contribution in [0.4, 0.5) is 0 Å². The van der Waals surface area contributed by atoms with Crippen LogP contribution in [0.5, 0.6) is 0 Å². The molecule has 0 saturated carbocycles. The van der Waals surface area contributed by atoms with Crippen LogP contribution in [0.25, 0.3) is 0 Å². The van der Waals surface area contributed by atoms with E-state index in [0.717, 1.165) is 57.8 Å². The van der Waals surface area contributed by atoms with Gasteiger partial charge < -0.3 is 24.6 Å². The first kappa shape index (κ1) is 47.7. The third-order valence-corrected chi connectivity index (χ3v) is 9.43. The number of aliphatic hydroxyl groups is 2. The Labute approximate surface area is 298 Å². The van der Waals surface area contributed by atoms with Crippen LogP contribution in [0, 0.1) is 0 Å². The first-order valence-corrected chi connectivity index (χ1v) is 21.1. The Balaban J connectivity index is 3.97. The summed E-state index contributed by atoms with van der Waals surface area (Å²) in [6, 6.07) is 0. The van der Waals surface area contributed by atoms with Crippen molar-refractivity contribution in [1.29, 1.82) is 0 Å². The van der Waals surface area contributed by atoms with E-state index in [1.54, 1.807) is 0 Å². The largest absolute Gasteiger partial charge is 0.472 e. The molecule has 0 aromatic heterocycles. The van der Waals surface area contributed by atoms with E-state index in [2.05, 4.69) is 26.0 Å². The predicted molar refractivity (Wildman–Crippen MR) is 196 cm³/mol. The number of carbonyl (C=O) groups excluding carboxylic acids is 2. The normalized spacial score (nSPS) is 14.1. The Kier molecular flexibility index (Phi) is 34.2. The van der Waals surface area contributed by atoms with Gasteiger partial charge in [-0.1, -0.05) is 142 Å². The number of hydrogen-bond donors (Lipinski definition) is 3. The summed E-state index contributed by atoms with van der Waals surface area (Å²) in [6.07, 6.45) is 30.4. The molecule has 0 rings (SSSR count). The number of rotatable bonds is 37. The van der Waals surface area contributed by atoms with Gasteiger partial charge in [0.05, 0.1) is 26.4 Å². The van der Waals surface area contributed by atoms with E-state index < -0.39 is 58.4 Å². The molecule has 0 saturated heterocycles. The van der Waals surface area contributed by atoms with Crippen LogP contribution in [-0.4, -0.2) is 65.7 Å². The molecule has 0 aromatic rings. The Morgan fingerprint density at radius 1 is 0.531 bits per heavy atom. The van der Waals surface area contributed by atoms with Crippen molar-refractivity contribution in [3.05, 3.63) is 12.2 Å². The zero-order valence-corrected chi connectivity index (χ0v) is 32.1. The summed E-state index contributed by atoms with van der Waals surface area (Å²) in [5.74, 6) is -1.02. The number of carbonyl (C=O) groups is 2. The Morgan fingerprint density at radius 2 is 0.837 bits per heavy atom. The zero-order valence-electron chi connectivity index (χ0n) is 31.2. The third-order valence-electron chi connectivity index (χ3n) is 8.48. The van der Waals surface area contributed by atoms with E-state index in [9.17, 15) is 29.3 Å². The molecule has 11 heteroatoms. The van der Waals surface area contributed by atoms with Crippen molar-refractivity contribution in [2.24, 2.45) is 0 Å². The SMILES string of the molecule is CCCCCCC/C=C\CCCCCCCC(=O)OC(CO)COP(=O)(O)OCC(CO)OC(=O)CCCCCCCCCCCCCC. The molecular weight excluding hydrogens is 647 g/mol. The predicted octanol–water partition coefficient (Wildman–Crippen LogP) is 9.67. The van der Waals surface area contributed by atoms with Crippen molar-refractivity contribution in [2.75, 3.05) is 26.4 Å². The van der Waals surface area contributed by atoms with E-state index in [1.165, 1.54) is 83.5 Å². The van der Waals surface area contributed by atoms with Gasteiger partial charge in [0, 0.05) is 12.8 Å². The molecule has 290 valence electrons. The van der Waals surface area contributed by atoms with Crippen molar-refractivity contribution >= 4 is 19.8 Å². The Bertz CT molecular complexity index is 837. The minimum absolute atomic E-state index is 0.185. The van der Waals surface area contributed by atoms with Crippen molar-refractivity contribution in [3.8, 4) is 0 Å². The summed E-state index contributed by atoms with van der Waals surface area (Å²) in [7, 11) is -4.63. The Hall–Kier alpha value is -1.29. The molecule has 0 aliphatic heterocycles. The van der Waals surface area contributed by atoms with Crippen LogP contribution < -0.4 is 0 Å². The maximum atomic E-state index is 12.3. The molecule has 0 heterocycles. The van der Waals surface area contributed by atoms with Gasteiger partial charge in [-0.05, 0) is 38.5 Å². The van der Waals surface area contributed by atoms with Crippen LogP contribution >= 0.6 is 7.82 Å². The average Bonchev–Trinajstić information content (AvgIpc) is 3.09. The van der Waals surface area contributed by atoms with Crippen molar-refractivity contribution < 1.29 is 47.8 Å². The summed E-state index contributed by atoms with van der Waals surface area (Å²) >= 11 is 0. The lowest BCUT2D eigenvalue weighted by Crippen LogP contribution is -2.28. The first-order chi connectivity index (χ1) is 23.8. The van der Waals surface area contributed by atoms with Crippen LogP contribution in [0.3, 0.4) is 0 Å². The quantitative estimate of drug-likeness (QED) is 0.0245. The fourth-order valence-corrected chi connectivity index (χ4v) is 6.19. The molecular formula is C38H73O10P. The molecule has 10 nitrogen and oxygen atoms in total. The van der Waals surface area contributed by atoms with Gasteiger partial charge >= 0.3 is 19.8 Å². The van der Waals surface area contributed by atoms with Crippen LogP contribution in [-0.2, 0) is 32.7 Å². The lowest BCUT2D eigenvalue weighted by atomic mass is 10.0. The highest BCUT2D eigenvalue weighted by Gasteiger charge is 2.27. The zero-order chi connectivity index (χ0) is 36.3. The summed E-state index contributed by atoms with van der Waals surface area (Å²) in [5, 5.41) is 19.1. The van der Waals surface area contributed by atoms with Gasteiger partial charge in [-0.3, -0.25) is 18.6 Å². The second-order valence-electron chi connectivity index (χ2n) is 13.3.